The molecule has 4 nitrogen and oxygen atoms in total. The van der Waals surface area contributed by atoms with Crippen LogP contribution >= 0.6 is 15.9 Å². The molecule has 1 aromatic heterocycles. The SMILES string of the molecule is O=S(=O)(NCc1ccco1)c1c(F)cc(F)cc1Br. The Bertz CT molecular complexity index is 663. The molecule has 8 heteroatoms. The summed E-state index contributed by atoms with van der Waals surface area (Å²) in [5.41, 5.74) is 0. The summed E-state index contributed by atoms with van der Waals surface area (Å²) in [6, 6.07) is 4.55. The Hall–Kier alpha value is -1.25. The van der Waals surface area contributed by atoms with Crippen LogP contribution in [0.4, 0.5) is 8.78 Å². The van der Waals surface area contributed by atoms with Crippen LogP contribution in [0.3, 0.4) is 0 Å². The molecule has 0 aliphatic rings. The Balaban J connectivity index is 2.29. The third kappa shape index (κ3) is 3.20. The fourth-order valence-electron chi connectivity index (χ4n) is 1.44. The second-order valence-electron chi connectivity index (χ2n) is 3.60. The number of benzene rings is 1. The van der Waals surface area contributed by atoms with Crippen molar-refractivity contribution in [1.82, 2.24) is 4.72 Å². The Labute approximate surface area is 116 Å². The highest BCUT2D eigenvalue weighted by atomic mass is 79.9. The van der Waals surface area contributed by atoms with E-state index in [2.05, 4.69) is 20.7 Å². The summed E-state index contributed by atoms with van der Waals surface area (Å²) in [6.07, 6.45) is 1.39. The maximum absolute atomic E-state index is 13.6. The van der Waals surface area contributed by atoms with Gasteiger partial charge in [-0.25, -0.2) is 21.9 Å². The van der Waals surface area contributed by atoms with Gasteiger partial charge in [0.15, 0.2) is 0 Å². The highest BCUT2D eigenvalue weighted by molar-refractivity contribution is 9.10. The maximum Gasteiger partial charge on any atom is 0.245 e. The standard InChI is InChI=1S/C11H8BrF2NO3S/c12-9-4-7(13)5-10(14)11(9)19(16,17)15-6-8-2-1-3-18-8/h1-5,15H,6H2. The van der Waals surface area contributed by atoms with Crippen molar-refractivity contribution < 1.29 is 21.6 Å². The summed E-state index contributed by atoms with van der Waals surface area (Å²) in [7, 11) is -4.11. The lowest BCUT2D eigenvalue weighted by atomic mass is 10.3. The first-order valence-electron chi connectivity index (χ1n) is 5.07. The van der Waals surface area contributed by atoms with Crippen molar-refractivity contribution >= 4 is 26.0 Å². The molecule has 1 aromatic carbocycles. The summed E-state index contributed by atoms with van der Waals surface area (Å²) in [6.45, 7) is -0.126. The van der Waals surface area contributed by atoms with Gasteiger partial charge in [-0.2, -0.15) is 0 Å². The monoisotopic (exact) mass is 351 g/mol. The van der Waals surface area contributed by atoms with E-state index in [-0.39, 0.29) is 11.0 Å². The fourth-order valence-corrected chi connectivity index (χ4v) is 3.59. The van der Waals surface area contributed by atoms with Crippen molar-refractivity contribution in [3.05, 3.63) is 52.4 Å². The zero-order valence-corrected chi connectivity index (χ0v) is 11.8. The van der Waals surface area contributed by atoms with E-state index in [0.29, 0.717) is 11.8 Å². The molecule has 0 fully saturated rings. The van der Waals surface area contributed by atoms with E-state index in [1.165, 1.54) is 6.26 Å². The van der Waals surface area contributed by atoms with Crippen LogP contribution in [-0.4, -0.2) is 8.42 Å². The van der Waals surface area contributed by atoms with Gasteiger partial charge in [-0.3, -0.25) is 0 Å². The van der Waals surface area contributed by atoms with Gasteiger partial charge in [-0.1, -0.05) is 0 Å². The normalized spacial score (nSPS) is 11.7. The van der Waals surface area contributed by atoms with Crippen LogP contribution in [0.15, 0.2) is 44.3 Å². The first kappa shape index (κ1) is 14.2. The van der Waals surface area contributed by atoms with Gasteiger partial charge in [-0.15, -0.1) is 0 Å². The quantitative estimate of drug-likeness (QED) is 0.921. The van der Waals surface area contributed by atoms with Crippen LogP contribution in [0.2, 0.25) is 0 Å². The largest absolute Gasteiger partial charge is 0.468 e. The third-order valence-electron chi connectivity index (χ3n) is 2.25. The Morgan fingerprint density at radius 3 is 2.63 bits per heavy atom. The van der Waals surface area contributed by atoms with Gasteiger partial charge in [0, 0.05) is 10.5 Å². The average molecular weight is 352 g/mol. The highest BCUT2D eigenvalue weighted by Crippen LogP contribution is 2.26. The summed E-state index contributed by atoms with van der Waals surface area (Å²) >= 11 is 2.83. The zero-order chi connectivity index (χ0) is 14.0. The van der Waals surface area contributed by atoms with Crippen LogP contribution in [0.25, 0.3) is 0 Å². The maximum atomic E-state index is 13.6. The minimum Gasteiger partial charge on any atom is -0.468 e. The van der Waals surface area contributed by atoms with Gasteiger partial charge in [-0.05, 0) is 34.1 Å². The van der Waals surface area contributed by atoms with Gasteiger partial charge in [0.2, 0.25) is 10.0 Å². The lowest BCUT2D eigenvalue weighted by Crippen LogP contribution is -2.24. The van der Waals surface area contributed by atoms with Gasteiger partial charge >= 0.3 is 0 Å². The van der Waals surface area contributed by atoms with E-state index in [1.54, 1.807) is 12.1 Å². The molecule has 19 heavy (non-hydrogen) atoms. The molecule has 0 saturated heterocycles. The van der Waals surface area contributed by atoms with E-state index in [0.717, 1.165) is 6.07 Å². The summed E-state index contributed by atoms with van der Waals surface area (Å²) in [4.78, 5) is -0.638. The van der Waals surface area contributed by atoms with E-state index >= 15 is 0 Å². The molecular formula is C11H8BrF2NO3S. The molecule has 0 bridgehead atoms. The van der Waals surface area contributed by atoms with E-state index in [9.17, 15) is 17.2 Å². The second-order valence-corrected chi connectivity index (χ2v) is 6.16. The molecule has 0 saturated carbocycles. The van der Waals surface area contributed by atoms with Crippen molar-refractivity contribution in [3.63, 3.8) is 0 Å². The molecule has 0 spiro atoms. The van der Waals surface area contributed by atoms with Gasteiger partial charge in [0.25, 0.3) is 0 Å². The number of hydrogen-bond acceptors (Lipinski definition) is 3. The lowest BCUT2D eigenvalue weighted by molar-refractivity contribution is 0.496. The Kier molecular flexibility index (Phi) is 4.02. The molecule has 0 amide bonds. The van der Waals surface area contributed by atoms with Gasteiger partial charge in [0.05, 0.1) is 12.8 Å². The van der Waals surface area contributed by atoms with Crippen molar-refractivity contribution in [2.24, 2.45) is 0 Å². The molecule has 0 unspecified atom stereocenters. The minimum atomic E-state index is -4.11. The van der Waals surface area contributed by atoms with Crippen LogP contribution in [0.5, 0.6) is 0 Å². The van der Waals surface area contributed by atoms with E-state index < -0.39 is 26.6 Å². The summed E-state index contributed by atoms with van der Waals surface area (Å²) in [5.74, 6) is -1.66. The molecule has 2 aromatic rings. The molecule has 1 heterocycles. The van der Waals surface area contributed by atoms with Crippen molar-refractivity contribution in [1.29, 1.82) is 0 Å². The Morgan fingerprint density at radius 2 is 2.05 bits per heavy atom. The molecule has 0 radical (unpaired) electrons. The van der Waals surface area contributed by atoms with E-state index in [4.69, 9.17) is 4.42 Å². The molecule has 2 rings (SSSR count). The molecule has 0 aliphatic carbocycles. The molecular weight excluding hydrogens is 344 g/mol. The van der Waals surface area contributed by atoms with Gasteiger partial charge < -0.3 is 4.42 Å². The number of sulfonamides is 1. The smallest absolute Gasteiger partial charge is 0.245 e. The highest BCUT2D eigenvalue weighted by Gasteiger charge is 2.23. The van der Waals surface area contributed by atoms with Crippen LogP contribution in [-0.2, 0) is 16.6 Å². The Morgan fingerprint density at radius 1 is 1.32 bits per heavy atom. The topological polar surface area (TPSA) is 59.3 Å². The van der Waals surface area contributed by atoms with Crippen LogP contribution < -0.4 is 4.72 Å². The van der Waals surface area contributed by atoms with Gasteiger partial charge in [0.1, 0.15) is 22.3 Å². The van der Waals surface area contributed by atoms with Crippen molar-refractivity contribution in [2.75, 3.05) is 0 Å². The first-order chi connectivity index (χ1) is 8.90. The first-order valence-corrected chi connectivity index (χ1v) is 7.34. The average Bonchev–Trinajstić information content (AvgIpc) is 2.77. The van der Waals surface area contributed by atoms with Crippen molar-refractivity contribution in [2.45, 2.75) is 11.4 Å². The predicted molar refractivity (Wildman–Crippen MR) is 66.8 cm³/mol. The number of hydrogen-bond donors (Lipinski definition) is 1. The third-order valence-corrected chi connectivity index (χ3v) is 4.61. The minimum absolute atomic E-state index is 0.126. The molecule has 0 atom stereocenters. The summed E-state index contributed by atoms with van der Waals surface area (Å²) < 4.78 is 57.3. The molecule has 0 aliphatic heterocycles. The predicted octanol–water partition coefficient (Wildman–Crippen LogP) is 2.80. The van der Waals surface area contributed by atoms with E-state index in [1.807, 2.05) is 0 Å². The molecule has 1 N–H and O–H groups in total. The zero-order valence-electron chi connectivity index (χ0n) is 9.36. The number of rotatable bonds is 4. The summed E-state index contributed by atoms with van der Waals surface area (Å²) in [5, 5.41) is 0. The van der Waals surface area contributed by atoms with Crippen LogP contribution in [0.1, 0.15) is 5.76 Å². The molecule has 102 valence electrons. The lowest BCUT2D eigenvalue weighted by Gasteiger charge is -2.08. The van der Waals surface area contributed by atoms with Crippen LogP contribution in [0, 0.1) is 11.6 Å². The number of nitrogens with one attached hydrogen (secondary N) is 1. The second kappa shape index (κ2) is 5.40. The van der Waals surface area contributed by atoms with Crippen molar-refractivity contribution in [3.8, 4) is 0 Å². The number of furan rings is 1. The fraction of sp³-hybridized carbons (Fsp3) is 0.0909. The number of halogens is 3.